The SMILES string of the molecule is CC1(C)CC1(C(=O)O)c1ccccc1OC(F)(F)F. The summed E-state index contributed by atoms with van der Waals surface area (Å²) in [6.45, 7) is 3.43. The Bertz CT molecular complexity index is 522. The van der Waals surface area contributed by atoms with Gasteiger partial charge in [0, 0.05) is 5.56 Å². The Morgan fingerprint density at radius 2 is 1.84 bits per heavy atom. The molecule has 0 heterocycles. The van der Waals surface area contributed by atoms with Crippen LogP contribution in [0.25, 0.3) is 0 Å². The van der Waals surface area contributed by atoms with Gasteiger partial charge in [0.25, 0.3) is 0 Å². The van der Waals surface area contributed by atoms with Crippen LogP contribution in [-0.2, 0) is 10.2 Å². The normalized spacial score (nSPS) is 24.9. The average Bonchev–Trinajstić information content (AvgIpc) is 2.81. The second-order valence-corrected chi connectivity index (χ2v) is 5.32. The summed E-state index contributed by atoms with van der Waals surface area (Å²) in [6.07, 6.45) is -4.55. The van der Waals surface area contributed by atoms with Gasteiger partial charge in [-0.05, 0) is 17.9 Å². The maximum atomic E-state index is 12.4. The van der Waals surface area contributed by atoms with Crippen LogP contribution in [0.1, 0.15) is 25.8 Å². The van der Waals surface area contributed by atoms with Gasteiger partial charge in [-0.2, -0.15) is 0 Å². The van der Waals surface area contributed by atoms with Crippen LogP contribution in [-0.4, -0.2) is 17.4 Å². The molecule has 1 aliphatic carbocycles. The first kappa shape index (κ1) is 13.7. The van der Waals surface area contributed by atoms with E-state index in [0.29, 0.717) is 0 Å². The topological polar surface area (TPSA) is 46.5 Å². The van der Waals surface area contributed by atoms with Crippen molar-refractivity contribution < 1.29 is 27.8 Å². The Morgan fingerprint density at radius 3 is 2.26 bits per heavy atom. The highest BCUT2D eigenvalue weighted by atomic mass is 19.4. The predicted octanol–water partition coefficient (Wildman–Crippen LogP) is 3.34. The molecule has 1 aromatic carbocycles. The molecule has 3 nitrogen and oxygen atoms in total. The van der Waals surface area contributed by atoms with Crippen molar-refractivity contribution >= 4 is 5.97 Å². The molecule has 0 amide bonds. The molecule has 0 radical (unpaired) electrons. The number of ether oxygens (including phenoxy) is 1. The fourth-order valence-electron chi connectivity index (χ4n) is 2.59. The zero-order valence-electron chi connectivity index (χ0n) is 10.4. The van der Waals surface area contributed by atoms with E-state index < -0.39 is 28.9 Å². The summed E-state index contributed by atoms with van der Waals surface area (Å²) < 4.78 is 41.0. The van der Waals surface area contributed by atoms with Crippen molar-refractivity contribution in [1.82, 2.24) is 0 Å². The monoisotopic (exact) mass is 274 g/mol. The lowest BCUT2D eigenvalue weighted by atomic mass is 9.87. The van der Waals surface area contributed by atoms with Crippen LogP contribution in [0, 0.1) is 5.41 Å². The quantitative estimate of drug-likeness (QED) is 0.919. The average molecular weight is 274 g/mol. The Kier molecular flexibility index (Phi) is 2.80. The van der Waals surface area contributed by atoms with E-state index in [1.165, 1.54) is 18.2 Å². The van der Waals surface area contributed by atoms with Crippen LogP contribution in [0.2, 0.25) is 0 Å². The number of hydrogen-bond acceptors (Lipinski definition) is 2. The highest BCUT2D eigenvalue weighted by Crippen LogP contribution is 2.66. The molecule has 0 aliphatic heterocycles. The Balaban J connectivity index is 2.49. The van der Waals surface area contributed by atoms with Gasteiger partial charge in [-0.25, -0.2) is 0 Å². The lowest BCUT2D eigenvalue weighted by molar-refractivity contribution is -0.275. The summed E-state index contributed by atoms with van der Waals surface area (Å²) >= 11 is 0. The van der Waals surface area contributed by atoms with Crippen LogP contribution < -0.4 is 4.74 Å². The molecule has 1 saturated carbocycles. The molecule has 19 heavy (non-hydrogen) atoms. The molecular weight excluding hydrogens is 261 g/mol. The number of para-hydroxylation sites is 1. The molecule has 2 rings (SSSR count). The van der Waals surface area contributed by atoms with Crippen LogP contribution >= 0.6 is 0 Å². The summed E-state index contributed by atoms with van der Waals surface area (Å²) in [6, 6.07) is 5.42. The third-order valence-corrected chi connectivity index (χ3v) is 3.68. The molecule has 6 heteroatoms. The number of aliphatic carboxylic acids is 1. The van der Waals surface area contributed by atoms with Crippen molar-refractivity contribution in [3.05, 3.63) is 29.8 Å². The number of benzene rings is 1. The van der Waals surface area contributed by atoms with Gasteiger partial charge in [-0.15, -0.1) is 13.2 Å². The van der Waals surface area contributed by atoms with Crippen LogP contribution in [0.15, 0.2) is 24.3 Å². The Hall–Kier alpha value is -1.72. The van der Waals surface area contributed by atoms with E-state index in [-0.39, 0.29) is 12.0 Å². The molecule has 0 bridgehead atoms. The van der Waals surface area contributed by atoms with Crippen LogP contribution in [0.5, 0.6) is 5.75 Å². The molecule has 1 atom stereocenters. The lowest BCUT2D eigenvalue weighted by Gasteiger charge is -2.20. The zero-order chi connectivity index (χ0) is 14.5. The summed E-state index contributed by atoms with van der Waals surface area (Å²) in [5, 5.41) is 9.38. The van der Waals surface area contributed by atoms with Gasteiger partial charge in [0.2, 0.25) is 0 Å². The standard InChI is InChI=1S/C13H13F3O3/c1-11(2)7-12(11,10(17)18)8-5-3-4-6-9(8)19-13(14,15)16/h3-6H,7H2,1-2H3,(H,17,18). The molecule has 1 fully saturated rings. The summed E-state index contributed by atoms with van der Waals surface area (Å²) in [4.78, 5) is 11.5. The van der Waals surface area contributed by atoms with Crippen molar-refractivity contribution in [2.75, 3.05) is 0 Å². The van der Waals surface area contributed by atoms with Gasteiger partial charge in [0.1, 0.15) is 11.2 Å². The number of rotatable bonds is 3. The first-order valence-corrected chi connectivity index (χ1v) is 5.69. The van der Waals surface area contributed by atoms with Crippen molar-refractivity contribution in [1.29, 1.82) is 0 Å². The molecule has 0 saturated heterocycles. The molecule has 104 valence electrons. The van der Waals surface area contributed by atoms with Gasteiger partial charge in [0.15, 0.2) is 0 Å². The van der Waals surface area contributed by atoms with Crippen LogP contribution in [0.3, 0.4) is 0 Å². The summed E-state index contributed by atoms with van der Waals surface area (Å²) in [5.74, 6) is -1.57. The van der Waals surface area contributed by atoms with Crippen molar-refractivity contribution in [2.24, 2.45) is 5.41 Å². The van der Waals surface area contributed by atoms with E-state index in [0.717, 1.165) is 6.07 Å². The van der Waals surface area contributed by atoms with Crippen molar-refractivity contribution in [3.63, 3.8) is 0 Å². The maximum absolute atomic E-state index is 12.4. The van der Waals surface area contributed by atoms with E-state index in [4.69, 9.17) is 0 Å². The first-order valence-electron chi connectivity index (χ1n) is 5.69. The van der Waals surface area contributed by atoms with Crippen molar-refractivity contribution in [3.8, 4) is 5.75 Å². The highest BCUT2D eigenvalue weighted by Gasteiger charge is 2.68. The summed E-state index contributed by atoms with van der Waals surface area (Å²) in [7, 11) is 0. The number of halogens is 3. The Morgan fingerprint density at radius 1 is 1.32 bits per heavy atom. The van der Waals surface area contributed by atoms with Gasteiger partial charge < -0.3 is 9.84 Å². The summed E-state index contributed by atoms with van der Waals surface area (Å²) in [5.41, 5.74) is -1.83. The molecule has 0 spiro atoms. The molecule has 0 aromatic heterocycles. The molecule has 1 unspecified atom stereocenters. The minimum Gasteiger partial charge on any atom is -0.481 e. The van der Waals surface area contributed by atoms with E-state index in [9.17, 15) is 23.1 Å². The van der Waals surface area contributed by atoms with Crippen molar-refractivity contribution in [2.45, 2.75) is 32.0 Å². The van der Waals surface area contributed by atoms with E-state index in [2.05, 4.69) is 4.74 Å². The molecule has 1 aromatic rings. The van der Waals surface area contributed by atoms with Gasteiger partial charge in [-0.1, -0.05) is 32.0 Å². The van der Waals surface area contributed by atoms with Gasteiger partial charge >= 0.3 is 12.3 Å². The largest absolute Gasteiger partial charge is 0.573 e. The second-order valence-electron chi connectivity index (χ2n) is 5.32. The fourth-order valence-corrected chi connectivity index (χ4v) is 2.59. The first-order chi connectivity index (χ1) is 8.60. The van der Waals surface area contributed by atoms with E-state index in [1.54, 1.807) is 13.8 Å². The minimum atomic E-state index is -4.84. The van der Waals surface area contributed by atoms with Gasteiger partial charge in [0.05, 0.1) is 0 Å². The Labute approximate surface area is 108 Å². The fraction of sp³-hybridized carbons (Fsp3) is 0.462. The molecular formula is C13H13F3O3. The number of carboxylic acid groups (broad SMARTS) is 1. The second kappa shape index (κ2) is 3.88. The zero-order valence-corrected chi connectivity index (χ0v) is 10.4. The van der Waals surface area contributed by atoms with Crippen LogP contribution in [0.4, 0.5) is 13.2 Å². The predicted molar refractivity (Wildman–Crippen MR) is 60.8 cm³/mol. The van der Waals surface area contributed by atoms with Gasteiger partial charge in [-0.3, -0.25) is 4.79 Å². The minimum absolute atomic E-state index is 0.0739. The number of carbonyl (C=O) groups is 1. The lowest BCUT2D eigenvalue weighted by Crippen LogP contribution is -2.28. The van der Waals surface area contributed by atoms with E-state index >= 15 is 0 Å². The third kappa shape index (κ3) is 2.15. The number of carboxylic acids is 1. The number of hydrogen-bond donors (Lipinski definition) is 1. The molecule has 1 aliphatic rings. The molecule has 1 N–H and O–H groups in total. The smallest absolute Gasteiger partial charge is 0.481 e. The maximum Gasteiger partial charge on any atom is 0.573 e. The van der Waals surface area contributed by atoms with E-state index in [1.807, 2.05) is 0 Å². The third-order valence-electron chi connectivity index (χ3n) is 3.68. The number of alkyl halides is 3. The highest BCUT2D eigenvalue weighted by molar-refractivity contribution is 5.88.